The maximum Gasteiger partial charge on any atom is 0.282 e. The molecule has 1 saturated heterocycles. The van der Waals surface area contributed by atoms with Crippen molar-refractivity contribution in [3.63, 3.8) is 0 Å². The van der Waals surface area contributed by atoms with Gasteiger partial charge in [-0.25, -0.2) is 28.2 Å². The summed E-state index contributed by atoms with van der Waals surface area (Å²) >= 11 is -1.10. The van der Waals surface area contributed by atoms with Crippen LogP contribution in [0.1, 0.15) is 31.9 Å². The van der Waals surface area contributed by atoms with Gasteiger partial charge in [0.25, 0.3) is 6.43 Å². The first-order valence-electron chi connectivity index (χ1n) is 9.25. The van der Waals surface area contributed by atoms with Gasteiger partial charge in [0.15, 0.2) is 5.65 Å². The molecule has 1 aliphatic heterocycles. The third-order valence-electron chi connectivity index (χ3n) is 5.12. The number of alkyl halides is 2. The summed E-state index contributed by atoms with van der Waals surface area (Å²) in [5.41, 5.74) is 1.20. The van der Waals surface area contributed by atoms with Crippen LogP contribution in [0.15, 0.2) is 30.7 Å². The van der Waals surface area contributed by atoms with Gasteiger partial charge in [-0.3, -0.25) is 0 Å². The van der Waals surface area contributed by atoms with Crippen LogP contribution in [0.4, 0.5) is 14.6 Å². The Morgan fingerprint density at radius 3 is 2.86 bits per heavy atom. The van der Waals surface area contributed by atoms with Gasteiger partial charge in [0.05, 0.1) is 17.9 Å². The molecule has 0 aromatic carbocycles. The molecule has 3 atom stereocenters. The number of halogens is 2. The van der Waals surface area contributed by atoms with Crippen molar-refractivity contribution in [3.05, 3.63) is 36.4 Å². The summed E-state index contributed by atoms with van der Waals surface area (Å²) in [5, 5.41) is 4.00. The van der Waals surface area contributed by atoms with E-state index in [4.69, 9.17) is 0 Å². The van der Waals surface area contributed by atoms with Crippen LogP contribution in [0.2, 0.25) is 0 Å². The highest BCUT2D eigenvalue weighted by atomic mass is 32.2. The molecule has 0 amide bonds. The molecule has 4 rings (SSSR count). The van der Waals surface area contributed by atoms with Gasteiger partial charge in [-0.05, 0) is 31.9 Å². The zero-order valence-corrected chi connectivity index (χ0v) is 16.8. The number of imidazole rings is 1. The number of anilines is 1. The SMILES string of the molecule is CC1C(N[S+](C)[O-])CCCN1c1cc(-c2cnc3ccc(C(F)F)nn23)ncn1. The molecule has 11 heteroatoms. The van der Waals surface area contributed by atoms with Gasteiger partial charge in [0, 0.05) is 30.0 Å². The van der Waals surface area contributed by atoms with Gasteiger partial charge in [-0.2, -0.15) is 5.10 Å². The summed E-state index contributed by atoms with van der Waals surface area (Å²) in [6.45, 7) is 2.88. The average Bonchev–Trinajstić information content (AvgIpc) is 3.12. The maximum absolute atomic E-state index is 13.1. The monoisotopic (exact) mass is 421 g/mol. The molecule has 3 aromatic heterocycles. The molecule has 0 saturated carbocycles. The zero-order valence-electron chi connectivity index (χ0n) is 16.0. The van der Waals surface area contributed by atoms with E-state index < -0.39 is 17.8 Å². The molecule has 0 radical (unpaired) electrons. The lowest BCUT2D eigenvalue weighted by Gasteiger charge is -2.39. The predicted molar refractivity (Wildman–Crippen MR) is 106 cm³/mol. The predicted octanol–water partition coefficient (Wildman–Crippen LogP) is 2.36. The van der Waals surface area contributed by atoms with Crippen LogP contribution in [-0.2, 0) is 11.4 Å². The molecule has 0 spiro atoms. The lowest BCUT2D eigenvalue weighted by Crippen LogP contribution is -2.54. The van der Waals surface area contributed by atoms with Gasteiger partial charge in [0.1, 0.15) is 29.8 Å². The Morgan fingerprint density at radius 1 is 1.28 bits per heavy atom. The number of piperidine rings is 1. The molecule has 0 bridgehead atoms. The molecule has 0 aliphatic carbocycles. The van der Waals surface area contributed by atoms with Crippen LogP contribution >= 0.6 is 0 Å². The average molecular weight is 421 g/mol. The minimum Gasteiger partial charge on any atom is -0.598 e. The summed E-state index contributed by atoms with van der Waals surface area (Å²) in [4.78, 5) is 15.1. The fourth-order valence-corrected chi connectivity index (χ4v) is 4.40. The number of nitrogens with zero attached hydrogens (tertiary/aromatic N) is 6. The summed E-state index contributed by atoms with van der Waals surface area (Å²) < 4.78 is 42.2. The molecular weight excluding hydrogens is 400 g/mol. The maximum atomic E-state index is 13.1. The van der Waals surface area contributed by atoms with E-state index in [1.54, 1.807) is 12.5 Å². The highest BCUT2D eigenvalue weighted by Crippen LogP contribution is 2.27. The van der Waals surface area contributed by atoms with Gasteiger partial charge in [-0.1, -0.05) is 0 Å². The van der Waals surface area contributed by atoms with Crippen molar-refractivity contribution in [2.75, 3.05) is 17.7 Å². The van der Waals surface area contributed by atoms with Gasteiger partial charge < -0.3 is 9.45 Å². The van der Waals surface area contributed by atoms with Crippen LogP contribution in [0.5, 0.6) is 0 Å². The van der Waals surface area contributed by atoms with E-state index >= 15 is 0 Å². The lowest BCUT2D eigenvalue weighted by molar-refractivity contribution is 0.144. The minimum atomic E-state index is -2.67. The Bertz CT molecular complexity index is 999. The molecule has 8 nitrogen and oxygen atoms in total. The Labute approximate surface area is 169 Å². The van der Waals surface area contributed by atoms with Crippen molar-refractivity contribution in [3.8, 4) is 11.4 Å². The molecule has 154 valence electrons. The highest BCUT2D eigenvalue weighted by molar-refractivity contribution is 7.88. The lowest BCUT2D eigenvalue weighted by atomic mass is 9.98. The van der Waals surface area contributed by atoms with Crippen molar-refractivity contribution >= 4 is 22.8 Å². The highest BCUT2D eigenvalue weighted by Gasteiger charge is 2.31. The van der Waals surface area contributed by atoms with E-state index in [-0.39, 0.29) is 17.8 Å². The van der Waals surface area contributed by atoms with Crippen LogP contribution < -0.4 is 9.62 Å². The van der Waals surface area contributed by atoms with Crippen LogP contribution in [-0.4, -0.2) is 54.0 Å². The van der Waals surface area contributed by atoms with Crippen LogP contribution in [0.25, 0.3) is 17.0 Å². The van der Waals surface area contributed by atoms with E-state index in [1.807, 2.05) is 6.07 Å². The molecule has 1 N–H and O–H groups in total. The molecule has 1 aliphatic rings. The minimum absolute atomic E-state index is 0.0825. The van der Waals surface area contributed by atoms with E-state index in [9.17, 15) is 13.3 Å². The van der Waals surface area contributed by atoms with Crippen molar-refractivity contribution in [2.45, 2.75) is 38.3 Å². The van der Waals surface area contributed by atoms with E-state index in [2.05, 4.69) is 36.6 Å². The third kappa shape index (κ3) is 4.02. The van der Waals surface area contributed by atoms with Crippen LogP contribution in [0, 0.1) is 0 Å². The Hall–Kier alpha value is -2.37. The second kappa shape index (κ2) is 8.17. The molecule has 3 aromatic rings. The number of hydrogen-bond donors (Lipinski definition) is 1. The summed E-state index contributed by atoms with van der Waals surface area (Å²) in [5.74, 6) is 0.718. The molecule has 3 unspecified atom stereocenters. The normalized spacial score (nSPS) is 21.1. The second-order valence-electron chi connectivity index (χ2n) is 6.99. The fraction of sp³-hybridized carbons (Fsp3) is 0.444. The number of hydrogen-bond acceptors (Lipinski definition) is 7. The van der Waals surface area contributed by atoms with E-state index in [0.29, 0.717) is 17.0 Å². The quantitative estimate of drug-likeness (QED) is 0.632. The van der Waals surface area contributed by atoms with Gasteiger partial charge in [-0.15, -0.1) is 4.72 Å². The summed E-state index contributed by atoms with van der Waals surface area (Å²) in [6.07, 6.45) is 3.84. The third-order valence-corrected chi connectivity index (χ3v) is 5.76. The molecule has 1 fully saturated rings. The van der Waals surface area contributed by atoms with Crippen molar-refractivity contribution in [2.24, 2.45) is 0 Å². The largest absolute Gasteiger partial charge is 0.598 e. The Balaban J connectivity index is 1.67. The standard InChI is InChI=1S/C18H21F2N7OS/c1-11-12(25-29(2)28)4-3-7-26(11)17-8-14(22-10-23-17)15-9-21-16-6-5-13(18(19)20)24-27(15)16/h5-6,8-12,18,25H,3-4,7H2,1-2H3. The smallest absolute Gasteiger partial charge is 0.282 e. The van der Waals surface area contributed by atoms with E-state index in [0.717, 1.165) is 25.2 Å². The van der Waals surface area contributed by atoms with Gasteiger partial charge >= 0.3 is 0 Å². The fourth-order valence-electron chi connectivity index (χ4n) is 3.66. The first kappa shape index (κ1) is 19.9. The number of nitrogens with one attached hydrogen (secondary N) is 1. The van der Waals surface area contributed by atoms with Crippen molar-refractivity contribution in [1.82, 2.24) is 29.3 Å². The van der Waals surface area contributed by atoms with Crippen LogP contribution in [0.3, 0.4) is 0 Å². The van der Waals surface area contributed by atoms with Crippen molar-refractivity contribution in [1.29, 1.82) is 0 Å². The zero-order chi connectivity index (χ0) is 20.5. The molecule has 29 heavy (non-hydrogen) atoms. The number of rotatable bonds is 5. The van der Waals surface area contributed by atoms with Gasteiger partial charge in [0.2, 0.25) is 0 Å². The number of aromatic nitrogens is 5. The Morgan fingerprint density at radius 2 is 2.10 bits per heavy atom. The van der Waals surface area contributed by atoms with E-state index in [1.165, 1.54) is 23.0 Å². The molecular formula is C18H21F2N7OS. The summed E-state index contributed by atoms with van der Waals surface area (Å²) in [7, 11) is 0. The second-order valence-corrected chi connectivity index (χ2v) is 8.13. The first-order valence-corrected chi connectivity index (χ1v) is 10.8. The summed E-state index contributed by atoms with van der Waals surface area (Å²) in [6, 6.07) is 4.75. The first-order chi connectivity index (χ1) is 13.9. The topological polar surface area (TPSA) is 94.3 Å². The van der Waals surface area contributed by atoms with Crippen molar-refractivity contribution < 1.29 is 13.3 Å². The molecule has 4 heterocycles. The Kier molecular flexibility index (Phi) is 5.61. The number of fused-ring (bicyclic) bond motifs is 1.